The molecule has 1 fully saturated rings. The van der Waals surface area contributed by atoms with E-state index in [0.29, 0.717) is 6.61 Å². The number of nitrogens with zero attached hydrogens (tertiary/aromatic N) is 1. The van der Waals surface area contributed by atoms with Gasteiger partial charge >= 0.3 is 0 Å². The molecule has 17 heavy (non-hydrogen) atoms. The molecule has 0 aliphatic heterocycles. The van der Waals surface area contributed by atoms with Crippen molar-refractivity contribution >= 4 is 5.69 Å². The molecule has 1 aliphatic rings. The van der Waals surface area contributed by atoms with Crippen molar-refractivity contribution in [1.29, 1.82) is 5.26 Å². The second-order valence-electron chi connectivity index (χ2n) is 4.35. The molecule has 2 rings (SSSR count). The number of anilines is 1. The maximum Gasteiger partial charge on any atom is 0.142 e. The minimum absolute atomic E-state index is 0.129. The fourth-order valence-corrected chi connectivity index (χ4v) is 2.35. The van der Waals surface area contributed by atoms with Gasteiger partial charge in [0.25, 0.3) is 0 Å². The number of benzene rings is 1. The standard InChI is InChI=1S/C14H18N2O/c1-2-17-14-9-4-3-7-13(14)16-12-8-5-6-11(12)10-15/h3-4,7,9,11-12,16H,2,5-6,8H2,1H3. The topological polar surface area (TPSA) is 45.0 Å². The van der Waals surface area contributed by atoms with Crippen LogP contribution < -0.4 is 10.1 Å². The number of nitriles is 1. The molecule has 3 nitrogen and oxygen atoms in total. The lowest BCUT2D eigenvalue weighted by molar-refractivity contribution is 0.341. The highest BCUT2D eigenvalue weighted by Gasteiger charge is 2.27. The molecule has 3 heteroatoms. The summed E-state index contributed by atoms with van der Waals surface area (Å²) in [5, 5.41) is 12.5. The third-order valence-electron chi connectivity index (χ3n) is 3.21. The predicted octanol–water partition coefficient (Wildman–Crippen LogP) is 3.19. The van der Waals surface area contributed by atoms with Crippen LogP contribution in [0, 0.1) is 17.2 Å². The maximum atomic E-state index is 9.07. The van der Waals surface area contributed by atoms with Crippen LogP contribution in [0.3, 0.4) is 0 Å². The first-order chi connectivity index (χ1) is 8.35. The van der Waals surface area contributed by atoms with Crippen LogP contribution in [0.15, 0.2) is 24.3 Å². The molecule has 0 spiro atoms. The van der Waals surface area contributed by atoms with Crippen LogP contribution in [-0.4, -0.2) is 12.6 Å². The van der Waals surface area contributed by atoms with Crippen molar-refractivity contribution in [2.75, 3.05) is 11.9 Å². The Morgan fingerprint density at radius 3 is 3.00 bits per heavy atom. The monoisotopic (exact) mass is 230 g/mol. The first-order valence-corrected chi connectivity index (χ1v) is 6.23. The Labute approximate surface area is 102 Å². The molecule has 1 N–H and O–H groups in total. The number of hydrogen-bond donors (Lipinski definition) is 1. The van der Waals surface area contributed by atoms with E-state index >= 15 is 0 Å². The van der Waals surface area contributed by atoms with Gasteiger partial charge in [-0.3, -0.25) is 0 Å². The first-order valence-electron chi connectivity index (χ1n) is 6.23. The van der Waals surface area contributed by atoms with Gasteiger partial charge in [-0.15, -0.1) is 0 Å². The Hall–Kier alpha value is -1.69. The van der Waals surface area contributed by atoms with Crippen molar-refractivity contribution in [3.05, 3.63) is 24.3 Å². The van der Waals surface area contributed by atoms with Gasteiger partial charge in [0, 0.05) is 6.04 Å². The van der Waals surface area contributed by atoms with E-state index in [-0.39, 0.29) is 12.0 Å². The summed E-state index contributed by atoms with van der Waals surface area (Å²) in [5.41, 5.74) is 1.00. The Bertz CT molecular complexity index is 411. The summed E-state index contributed by atoms with van der Waals surface area (Å²) >= 11 is 0. The highest BCUT2D eigenvalue weighted by Crippen LogP contribution is 2.31. The number of hydrogen-bond acceptors (Lipinski definition) is 3. The van der Waals surface area contributed by atoms with Crippen LogP contribution in [0.25, 0.3) is 0 Å². The molecular formula is C14H18N2O. The van der Waals surface area contributed by atoms with E-state index in [0.717, 1.165) is 30.7 Å². The fraction of sp³-hybridized carbons (Fsp3) is 0.500. The largest absolute Gasteiger partial charge is 0.492 e. The number of rotatable bonds is 4. The number of ether oxygens (including phenoxy) is 1. The zero-order valence-electron chi connectivity index (χ0n) is 10.1. The van der Waals surface area contributed by atoms with E-state index in [1.54, 1.807) is 0 Å². The van der Waals surface area contributed by atoms with Gasteiger partial charge < -0.3 is 10.1 Å². The van der Waals surface area contributed by atoms with Crippen LogP contribution in [0.2, 0.25) is 0 Å². The summed E-state index contributed by atoms with van der Waals surface area (Å²) in [7, 11) is 0. The minimum atomic E-state index is 0.129. The average Bonchev–Trinajstić information content (AvgIpc) is 2.79. The molecule has 1 aliphatic carbocycles. The molecule has 90 valence electrons. The van der Waals surface area contributed by atoms with Crippen LogP contribution in [0.4, 0.5) is 5.69 Å². The van der Waals surface area contributed by atoms with E-state index in [4.69, 9.17) is 10.00 Å². The van der Waals surface area contributed by atoms with Gasteiger partial charge in [0.2, 0.25) is 0 Å². The van der Waals surface area contributed by atoms with Crippen molar-refractivity contribution in [2.45, 2.75) is 32.2 Å². The zero-order valence-corrected chi connectivity index (χ0v) is 10.1. The highest BCUT2D eigenvalue weighted by molar-refractivity contribution is 5.57. The molecule has 1 aromatic carbocycles. The van der Waals surface area contributed by atoms with Gasteiger partial charge in [0.05, 0.1) is 24.3 Å². The Morgan fingerprint density at radius 2 is 2.24 bits per heavy atom. The lowest BCUT2D eigenvalue weighted by Crippen LogP contribution is -2.23. The quantitative estimate of drug-likeness (QED) is 0.864. The van der Waals surface area contributed by atoms with Gasteiger partial charge in [0.1, 0.15) is 5.75 Å². The molecule has 2 unspecified atom stereocenters. The SMILES string of the molecule is CCOc1ccccc1NC1CCCC1C#N. The van der Waals surface area contributed by atoms with Crippen molar-refractivity contribution in [3.63, 3.8) is 0 Å². The Morgan fingerprint density at radius 1 is 1.41 bits per heavy atom. The number of nitrogens with one attached hydrogen (secondary N) is 1. The fourth-order valence-electron chi connectivity index (χ4n) is 2.35. The molecule has 0 heterocycles. The minimum Gasteiger partial charge on any atom is -0.492 e. The van der Waals surface area contributed by atoms with Crippen molar-refractivity contribution in [1.82, 2.24) is 0 Å². The molecule has 1 aromatic rings. The van der Waals surface area contributed by atoms with Gasteiger partial charge in [-0.2, -0.15) is 5.26 Å². The molecule has 0 saturated heterocycles. The second kappa shape index (κ2) is 5.58. The summed E-state index contributed by atoms with van der Waals surface area (Å²) in [6.45, 7) is 2.63. The normalized spacial score (nSPS) is 23.1. The van der Waals surface area contributed by atoms with E-state index in [1.807, 2.05) is 31.2 Å². The Balaban J connectivity index is 2.10. The molecule has 0 bridgehead atoms. The Kier molecular flexibility index (Phi) is 3.87. The molecule has 0 amide bonds. The summed E-state index contributed by atoms with van der Waals surface area (Å²) in [6.07, 6.45) is 3.20. The highest BCUT2D eigenvalue weighted by atomic mass is 16.5. The molecule has 0 aromatic heterocycles. The molecule has 2 atom stereocenters. The van der Waals surface area contributed by atoms with Crippen LogP contribution in [0.5, 0.6) is 5.75 Å². The smallest absolute Gasteiger partial charge is 0.142 e. The summed E-state index contributed by atoms with van der Waals surface area (Å²) in [5.74, 6) is 1.00. The van der Waals surface area contributed by atoms with Gasteiger partial charge in [-0.1, -0.05) is 12.1 Å². The van der Waals surface area contributed by atoms with Gasteiger partial charge in [0.15, 0.2) is 0 Å². The molecular weight excluding hydrogens is 212 g/mol. The predicted molar refractivity (Wildman–Crippen MR) is 68.0 cm³/mol. The van der Waals surface area contributed by atoms with Crippen molar-refractivity contribution in [3.8, 4) is 11.8 Å². The van der Waals surface area contributed by atoms with E-state index in [1.165, 1.54) is 0 Å². The van der Waals surface area contributed by atoms with Crippen molar-refractivity contribution in [2.24, 2.45) is 5.92 Å². The van der Waals surface area contributed by atoms with E-state index in [2.05, 4.69) is 11.4 Å². The lowest BCUT2D eigenvalue weighted by atomic mass is 10.1. The van der Waals surface area contributed by atoms with Crippen LogP contribution in [-0.2, 0) is 0 Å². The molecule has 1 saturated carbocycles. The third-order valence-corrected chi connectivity index (χ3v) is 3.21. The van der Waals surface area contributed by atoms with Crippen LogP contribution >= 0.6 is 0 Å². The van der Waals surface area contributed by atoms with E-state index < -0.39 is 0 Å². The van der Waals surface area contributed by atoms with Crippen molar-refractivity contribution < 1.29 is 4.74 Å². The molecule has 0 radical (unpaired) electrons. The second-order valence-corrected chi connectivity index (χ2v) is 4.35. The zero-order chi connectivity index (χ0) is 12.1. The van der Waals surface area contributed by atoms with E-state index in [9.17, 15) is 0 Å². The first kappa shape index (κ1) is 11.8. The van der Waals surface area contributed by atoms with Gasteiger partial charge in [-0.25, -0.2) is 0 Å². The third kappa shape index (κ3) is 2.71. The summed E-state index contributed by atoms with van der Waals surface area (Å²) < 4.78 is 5.57. The van der Waals surface area contributed by atoms with Crippen LogP contribution in [0.1, 0.15) is 26.2 Å². The maximum absolute atomic E-state index is 9.07. The average molecular weight is 230 g/mol. The lowest BCUT2D eigenvalue weighted by Gasteiger charge is -2.19. The van der Waals surface area contributed by atoms with Gasteiger partial charge in [-0.05, 0) is 38.3 Å². The summed E-state index contributed by atoms with van der Waals surface area (Å²) in [4.78, 5) is 0. The number of para-hydroxylation sites is 2. The summed E-state index contributed by atoms with van der Waals surface area (Å²) in [6, 6.07) is 10.6.